The summed E-state index contributed by atoms with van der Waals surface area (Å²) in [4.78, 5) is 11.0. The molecular weight excluding hydrogens is 555 g/mol. The van der Waals surface area contributed by atoms with Gasteiger partial charge in [-0.3, -0.25) is 10.1 Å². The monoisotopic (exact) mass is 574 g/mol. The van der Waals surface area contributed by atoms with E-state index in [4.69, 9.17) is 32.7 Å². The van der Waals surface area contributed by atoms with E-state index in [0.29, 0.717) is 28.2 Å². The highest BCUT2D eigenvalue weighted by atomic mass is 79.9. The van der Waals surface area contributed by atoms with Gasteiger partial charge in [0.05, 0.1) is 32.6 Å². The number of benzene rings is 3. The van der Waals surface area contributed by atoms with Gasteiger partial charge in [-0.1, -0.05) is 41.4 Å². The first-order valence-corrected chi connectivity index (χ1v) is 12.6. The zero-order valence-electron chi connectivity index (χ0n) is 18.6. The van der Waals surface area contributed by atoms with Gasteiger partial charge in [-0.2, -0.15) is 0 Å². The highest BCUT2D eigenvalue weighted by Crippen LogP contribution is 2.52. The van der Waals surface area contributed by atoms with Crippen molar-refractivity contribution in [3.05, 3.63) is 102 Å². The lowest BCUT2D eigenvalue weighted by atomic mass is 9.77. The molecule has 1 heterocycles. The van der Waals surface area contributed by atoms with Crippen LogP contribution in [0.2, 0.25) is 10.0 Å². The Hall–Kier alpha value is -2.74. The molecule has 0 amide bonds. The molecule has 0 bridgehead atoms. The van der Waals surface area contributed by atoms with Crippen molar-refractivity contribution in [1.82, 2.24) is 0 Å². The summed E-state index contributed by atoms with van der Waals surface area (Å²) in [7, 11) is 1.61. The van der Waals surface area contributed by atoms with E-state index in [1.165, 1.54) is 0 Å². The second-order valence-corrected chi connectivity index (χ2v) is 10.2. The van der Waals surface area contributed by atoms with Crippen molar-refractivity contribution >= 4 is 50.5 Å². The lowest BCUT2D eigenvalue weighted by Gasteiger charge is -2.37. The lowest BCUT2D eigenvalue weighted by molar-refractivity contribution is -0.384. The second-order valence-electron chi connectivity index (χ2n) is 8.58. The van der Waals surface area contributed by atoms with E-state index < -0.39 is 0 Å². The van der Waals surface area contributed by atoms with E-state index in [2.05, 4.69) is 33.4 Å². The number of nitrogens with zero attached hydrogens (tertiary/aromatic N) is 1. The minimum Gasteiger partial charge on any atom is -0.493 e. The molecule has 0 radical (unpaired) electrons. The Bertz CT molecular complexity index is 1350. The number of nitrogens with one attached hydrogen (secondary N) is 1. The third-order valence-corrected chi connectivity index (χ3v) is 7.86. The number of allylic oxidation sites excluding steroid dienone is 2. The van der Waals surface area contributed by atoms with E-state index in [1.807, 2.05) is 18.2 Å². The van der Waals surface area contributed by atoms with Gasteiger partial charge >= 0.3 is 0 Å². The zero-order chi connectivity index (χ0) is 24.7. The SMILES string of the molecule is COc1cc([C@@H]2Nc3ccc([N+](=O)[O-])cc3[C@H]3C=CC[C@H]32)cc(Br)c1OCc1ccc(Cl)c(Cl)c1. The van der Waals surface area contributed by atoms with Crippen LogP contribution >= 0.6 is 39.1 Å². The summed E-state index contributed by atoms with van der Waals surface area (Å²) in [6, 6.07) is 14.4. The number of hydrogen-bond donors (Lipinski definition) is 1. The number of fused-ring (bicyclic) bond motifs is 3. The van der Waals surface area contributed by atoms with Crippen LogP contribution < -0.4 is 14.8 Å². The van der Waals surface area contributed by atoms with Crippen LogP contribution in [0, 0.1) is 16.0 Å². The summed E-state index contributed by atoms with van der Waals surface area (Å²) >= 11 is 15.8. The highest BCUT2D eigenvalue weighted by molar-refractivity contribution is 9.10. The number of hydrogen-bond acceptors (Lipinski definition) is 5. The van der Waals surface area contributed by atoms with Crippen molar-refractivity contribution in [2.24, 2.45) is 5.92 Å². The predicted octanol–water partition coefficient (Wildman–Crippen LogP) is 8.08. The Morgan fingerprint density at radius 2 is 1.97 bits per heavy atom. The van der Waals surface area contributed by atoms with Gasteiger partial charge in [-0.05, 0) is 75.3 Å². The number of nitro benzene ring substituents is 1. The molecule has 0 saturated carbocycles. The average molecular weight is 576 g/mol. The molecular formula is C26H21BrCl2N2O4. The summed E-state index contributed by atoms with van der Waals surface area (Å²) in [5, 5.41) is 15.9. The quantitative estimate of drug-likeness (QED) is 0.183. The van der Waals surface area contributed by atoms with Crippen LogP contribution in [-0.4, -0.2) is 12.0 Å². The number of non-ortho nitro benzene ring substituents is 1. The maximum absolute atomic E-state index is 11.3. The molecule has 9 heteroatoms. The maximum atomic E-state index is 11.3. The van der Waals surface area contributed by atoms with Crippen LogP contribution in [0.25, 0.3) is 0 Å². The molecule has 0 aromatic heterocycles. The van der Waals surface area contributed by atoms with Crippen molar-refractivity contribution in [3.63, 3.8) is 0 Å². The molecule has 180 valence electrons. The van der Waals surface area contributed by atoms with E-state index >= 15 is 0 Å². The zero-order valence-corrected chi connectivity index (χ0v) is 21.7. The molecule has 0 spiro atoms. The fraction of sp³-hybridized carbons (Fsp3) is 0.231. The number of nitro groups is 1. The van der Waals surface area contributed by atoms with Crippen molar-refractivity contribution < 1.29 is 14.4 Å². The fourth-order valence-electron chi connectivity index (χ4n) is 4.87. The summed E-state index contributed by atoms with van der Waals surface area (Å²) in [5.74, 6) is 1.53. The van der Waals surface area contributed by atoms with Gasteiger partial charge in [-0.25, -0.2) is 0 Å². The Morgan fingerprint density at radius 1 is 1.14 bits per heavy atom. The Balaban J connectivity index is 1.44. The topological polar surface area (TPSA) is 73.6 Å². The van der Waals surface area contributed by atoms with Crippen molar-refractivity contribution in [2.45, 2.75) is 25.0 Å². The summed E-state index contributed by atoms with van der Waals surface area (Å²) < 4.78 is 12.6. The number of anilines is 1. The van der Waals surface area contributed by atoms with Gasteiger partial charge in [0.15, 0.2) is 11.5 Å². The summed E-state index contributed by atoms with van der Waals surface area (Å²) in [5.41, 5.74) is 3.90. The van der Waals surface area contributed by atoms with E-state index in [9.17, 15) is 10.1 Å². The molecule has 6 nitrogen and oxygen atoms in total. The van der Waals surface area contributed by atoms with Crippen molar-refractivity contribution in [1.29, 1.82) is 0 Å². The van der Waals surface area contributed by atoms with Crippen LogP contribution in [0.4, 0.5) is 11.4 Å². The van der Waals surface area contributed by atoms with Gasteiger partial charge in [0.25, 0.3) is 5.69 Å². The first-order valence-electron chi connectivity index (χ1n) is 11.0. The average Bonchev–Trinajstić information content (AvgIpc) is 3.34. The van der Waals surface area contributed by atoms with Crippen molar-refractivity contribution in [2.75, 3.05) is 12.4 Å². The third-order valence-electron chi connectivity index (χ3n) is 6.54. The number of rotatable bonds is 6. The molecule has 1 aliphatic carbocycles. The fourth-order valence-corrected chi connectivity index (χ4v) is 5.76. The molecule has 1 aliphatic heterocycles. The number of halogens is 3. The van der Waals surface area contributed by atoms with Gasteiger partial charge in [0.2, 0.25) is 0 Å². The Kier molecular flexibility index (Phi) is 6.66. The van der Waals surface area contributed by atoms with Crippen LogP contribution in [0.15, 0.2) is 65.2 Å². The largest absolute Gasteiger partial charge is 0.493 e. The molecule has 1 N–H and O–H groups in total. The summed E-state index contributed by atoms with van der Waals surface area (Å²) in [6.45, 7) is 0.299. The van der Waals surface area contributed by atoms with Crippen LogP contribution in [0.3, 0.4) is 0 Å². The van der Waals surface area contributed by atoms with Crippen LogP contribution in [0.1, 0.15) is 35.1 Å². The minimum absolute atomic E-state index is 0.00159. The van der Waals surface area contributed by atoms with Crippen LogP contribution in [-0.2, 0) is 6.61 Å². The predicted molar refractivity (Wildman–Crippen MR) is 141 cm³/mol. The molecule has 5 rings (SSSR count). The Labute approximate surface area is 221 Å². The van der Waals surface area contributed by atoms with Crippen LogP contribution in [0.5, 0.6) is 11.5 Å². The van der Waals surface area contributed by atoms with Gasteiger partial charge < -0.3 is 14.8 Å². The Morgan fingerprint density at radius 3 is 2.71 bits per heavy atom. The third kappa shape index (κ3) is 4.60. The van der Waals surface area contributed by atoms with E-state index in [0.717, 1.165) is 33.3 Å². The van der Waals surface area contributed by atoms with Gasteiger partial charge in [0.1, 0.15) is 6.61 Å². The molecule has 35 heavy (non-hydrogen) atoms. The van der Waals surface area contributed by atoms with Crippen molar-refractivity contribution in [3.8, 4) is 11.5 Å². The molecule has 0 unspecified atom stereocenters. The second kappa shape index (κ2) is 9.72. The number of ether oxygens (including phenoxy) is 2. The molecule has 3 aromatic carbocycles. The first-order chi connectivity index (χ1) is 16.9. The smallest absolute Gasteiger partial charge is 0.269 e. The molecule has 2 aliphatic rings. The van der Waals surface area contributed by atoms with Gasteiger partial charge in [-0.15, -0.1) is 0 Å². The minimum atomic E-state index is -0.348. The highest BCUT2D eigenvalue weighted by Gasteiger charge is 2.39. The number of methoxy groups -OCH3 is 1. The molecule has 0 fully saturated rings. The molecule has 3 aromatic rings. The standard InChI is InChI=1S/C26H21BrCl2N2O4/c1-34-24-11-15(10-20(27)26(24)35-13-14-5-7-21(28)22(29)9-14)25-18-4-2-3-17(18)19-12-16(31(32)33)6-8-23(19)30-25/h2-3,5-12,17-18,25,30H,4,13H2,1H3/t17-,18+,25-/m0/s1. The maximum Gasteiger partial charge on any atom is 0.269 e. The summed E-state index contributed by atoms with van der Waals surface area (Å²) in [6.07, 6.45) is 5.18. The molecule has 3 atom stereocenters. The van der Waals surface area contributed by atoms with E-state index in [1.54, 1.807) is 37.4 Å². The lowest BCUT2D eigenvalue weighted by Crippen LogP contribution is -2.29. The van der Waals surface area contributed by atoms with E-state index in [-0.39, 0.29) is 28.5 Å². The first kappa shape index (κ1) is 24.0. The van der Waals surface area contributed by atoms with Gasteiger partial charge in [0, 0.05) is 23.7 Å². The molecule has 0 saturated heterocycles. The normalized spacial score (nSPS) is 20.1.